The number of primary amides is 1. The van der Waals surface area contributed by atoms with Crippen molar-refractivity contribution in [2.75, 3.05) is 5.73 Å². The van der Waals surface area contributed by atoms with Crippen molar-refractivity contribution in [1.82, 2.24) is 4.98 Å². The second-order valence-electron chi connectivity index (χ2n) is 2.93. The van der Waals surface area contributed by atoms with Crippen LogP contribution in [0.15, 0.2) is 18.3 Å². The highest BCUT2D eigenvalue weighted by Gasteiger charge is 2.33. The topological polar surface area (TPSA) is 82.0 Å². The van der Waals surface area contributed by atoms with E-state index in [0.717, 1.165) is 24.4 Å². The third kappa shape index (κ3) is 2.97. The number of alkyl halides is 3. The van der Waals surface area contributed by atoms with E-state index in [2.05, 4.69) is 4.98 Å². The maximum Gasteiger partial charge on any atom is 0.419 e. The van der Waals surface area contributed by atoms with Gasteiger partial charge >= 0.3 is 6.18 Å². The molecule has 0 aliphatic rings. The Bertz CT molecular complexity index is 440. The molecule has 1 heterocycles. The van der Waals surface area contributed by atoms with E-state index >= 15 is 0 Å². The molecular weight excluding hydrogens is 223 g/mol. The number of hydrogen-bond acceptors (Lipinski definition) is 3. The van der Waals surface area contributed by atoms with Gasteiger partial charge in [-0.2, -0.15) is 13.2 Å². The highest BCUT2D eigenvalue weighted by atomic mass is 19.4. The Balaban J connectivity index is 3.13. The van der Waals surface area contributed by atoms with E-state index in [9.17, 15) is 18.0 Å². The first-order valence-corrected chi connectivity index (χ1v) is 4.11. The molecule has 7 heteroatoms. The lowest BCUT2D eigenvalue weighted by Gasteiger charge is -2.09. The summed E-state index contributed by atoms with van der Waals surface area (Å²) in [6, 6.07) is 0.793. The molecular formula is C9H8F3N3O. The fourth-order valence-corrected chi connectivity index (χ4v) is 0.988. The zero-order valence-electron chi connectivity index (χ0n) is 7.95. The van der Waals surface area contributed by atoms with Gasteiger partial charge in [-0.1, -0.05) is 0 Å². The van der Waals surface area contributed by atoms with Crippen LogP contribution in [0.2, 0.25) is 0 Å². The van der Waals surface area contributed by atoms with E-state index in [-0.39, 0.29) is 5.56 Å². The molecule has 1 aromatic heterocycles. The quantitative estimate of drug-likeness (QED) is 0.750. The first-order valence-electron chi connectivity index (χ1n) is 4.11. The van der Waals surface area contributed by atoms with Crippen LogP contribution in [0.4, 0.5) is 19.0 Å². The van der Waals surface area contributed by atoms with Crippen molar-refractivity contribution in [3.63, 3.8) is 0 Å². The first-order chi connectivity index (χ1) is 7.30. The van der Waals surface area contributed by atoms with Gasteiger partial charge in [0.05, 0.1) is 5.56 Å². The molecule has 1 aromatic rings. The molecule has 0 spiro atoms. The maximum atomic E-state index is 12.4. The Kier molecular flexibility index (Phi) is 3.17. The van der Waals surface area contributed by atoms with Gasteiger partial charge < -0.3 is 11.5 Å². The van der Waals surface area contributed by atoms with Gasteiger partial charge in [-0.05, 0) is 17.7 Å². The molecule has 16 heavy (non-hydrogen) atoms. The summed E-state index contributed by atoms with van der Waals surface area (Å²) < 4.78 is 37.2. The molecule has 1 rings (SSSR count). The van der Waals surface area contributed by atoms with Crippen LogP contribution in [0, 0.1) is 0 Å². The molecule has 0 saturated carbocycles. The Labute approximate surface area is 88.8 Å². The smallest absolute Gasteiger partial charge is 0.383 e. The van der Waals surface area contributed by atoms with Crippen LogP contribution in [0.1, 0.15) is 11.1 Å². The third-order valence-corrected chi connectivity index (χ3v) is 1.69. The summed E-state index contributed by atoms with van der Waals surface area (Å²) in [6.07, 6.45) is -1.39. The number of halogens is 3. The molecule has 0 unspecified atom stereocenters. The van der Waals surface area contributed by atoms with E-state index < -0.39 is 23.5 Å². The molecule has 86 valence electrons. The van der Waals surface area contributed by atoms with Crippen LogP contribution < -0.4 is 11.5 Å². The zero-order chi connectivity index (χ0) is 12.3. The van der Waals surface area contributed by atoms with Crippen LogP contribution in [0.3, 0.4) is 0 Å². The van der Waals surface area contributed by atoms with E-state index in [1.165, 1.54) is 0 Å². The fourth-order valence-electron chi connectivity index (χ4n) is 0.988. The average molecular weight is 231 g/mol. The van der Waals surface area contributed by atoms with Crippen LogP contribution in [0.25, 0.3) is 6.08 Å². The normalized spacial score (nSPS) is 11.9. The van der Waals surface area contributed by atoms with E-state index in [0.29, 0.717) is 0 Å². The summed E-state index contributed by atoms with van der Waals surface area (Å²) in [5, 5.41) is 0. The zero-order valence-corrected chi connectivity index (χ0v) is 7.95. The van der Waals surface area contributed by atoms with Crippen LogP contribution in [-0.2, 0) is 11.0 Å². The minimum absolute atomic E-state index is 0.0975. The van der Waals surface area contributed by atoms with Gasteiger partial charge in [-0.3, -0.25) is 4.79 Å². The van der Waals surface area contributed by atoms with Crippen molar-refractivity contribution in [1.29, 1.82) is 0 Å². The van der Waals surface area contributed by atoms with E-state index in [1.54, 1.807) is 0 Å². The largest absolute Gasteiger partial charge is 0.419 e. The number of nitrogens with two attached hydrogens (primary N) is 2. The molecule has 0 aliphatic heterocycles. The van der Waals surface area contributed by atoms with E-state index in [1.807, 2.05) is 0 Å². The minimum Gasteiger partial charge on any atom is -0.383 e. The minimum atomic E-state index is -4.58. The third-order valence-electron chi connectivity index (χ3n) is 1.69. The van der Waals surface area contributed by atoms with Crippen LogP contribution >= 0.6 is 0 Å². The number of carbonyl (C=O) groups is 1. The predicted octanol–water partition coefficient (Wildman–Crippen LogP) is 1.18. The average Bonchev–Trinajstić information content (AvgIpc) is 2.14. The van der Waals surface area contributed by atoms with Crippen molar-refractivity contribution in [2.45, 2.75) is 6.18 Å². The molecule has 0 radical (unpaired) electrons. The number of anilines is 1. The first kappa shape index (κ1) is 12.0. The highest BCUT2D eigenvalue weighted by Crippen LogP contribution is 2.32. The second kappa shape index (κ2) is 4.21. The van der Waals surface area contributed by atoms with Crippen molar-refractivity contribution in [3.8, 4) is 0 Å². The van der Waals surface area contributed by atoms with Gasteiger partial charge in [-0.25, -0.2) is 4.98 Å². The molecule has 0 atom stereocenters. The summed E-state index contributed by atoms with van der Waals surface area (Å²) in [4.78, 5) is 13.8. The lowest BCUT2D eigenvalue weighted by molar-refractivity contribution is -0.137. The fraction of sp³-hybridized carbons (Fsp3) is 0.111. The molecule has 0 bridgehead atoms. The number of carbonyl (C=O) groups excluding carboxylic acids is 1. The Morgan fingerprint density at radius 3 is 2.56 bits per heavy atom. The van der Waals surface area contributed by atoms with Gasteiger partial charge in [-0.15, -0.1) is 0 Å². The molecule has 0 saturated heterocycles. The lowest BCUT2D eigenvalue weighted by Crippen LogP contribution is -2.10. The molecule has 4 N–H and O–H groups in total. The van der Waals surface area contributed by atoms with Crippen molar-refractivity contribution < 1.29 is 18.0 Å². The van der Waals surface area contributed by atoms with Gasteiger partial charge in [0, 0.05) is 12.3 Å². The van der Waals surface area contributed by atoms with E-state index in [4.69, 9.17) is 11.5 Å². The number of rotatable bonds is 2. The monoisotopic (exact) mass is 231 g/mol. The van der Waals surface area contributed by atoms with Crippen molar-refractivity contribution in [3.05, 3.63) is 29.5 Å². The van der Waals surface area contributed by atoms with Gasteiger partial charge in [0.2, 0.25) is 5.91 Å². The summed E-state index contributed by atoms with van der Waals surface area (Å²) in [7, 11) is 0. The van der Waals surface area contributed by atoms with Gasteiger partial charge in [0.25, 0.3) is 0 Å². The SMILES string of the molecule is NC(=O)C=Cc1cnc(N)c(C(F)(F)F)c1. The Hall–Kier alpha value is -2.05. The van der Waals surface area contributed by atoms with Crippen molar-refractivity contribution >= 4 is 17.8 Å². The number of pyridine rings is 1. The number of nitrogens with zero attached hydrogens (tertiary/aromatic N) is 1. The number of aromatic nitrogens is 1. The molecule has 0 fully saturated rings. The van der Waals surface area contributed by atoms with Crippen molar-refractivity contribution in [2.24, 2.45) is 5.73 Å². The van der Waals surface area contributed by atoms with Gasteiger partial charge in [0.15, 0.2) is 0 Å². The Morgan fingerprint density at radius 1 is 1.44 bits per heavy atom. The number of amides is 1. The summed E-state index contributed by atoms with van der Waals surface area (Å²) in [5.74, 6) is -1.37. The van der Waals surface area contributed by atoms with Crippen LogP contribution in [0.5, 0.6) is 0 Å². The van der Waals surface area contributed by atoms with Gasteiger partial charge in [0.1, 0.15) is 5.82 Å². The molecule has 0 aromatic carbocycles. The number of nitrogen functional groups attached to an aromatic ring is 1. The predicted molar refractivity (Wildman–Crippen MR) is 51.9 cm³/mol. The highest BCUT2D eigenvalue weighted by molar-refractivity contribution is 5.90. The molecule has 4 nitrogen and oxygen atoms in total. The summed E-state index contributed by atoms with van der Waals surface area (Å²) in [6.45, 7) is 0. The molecule has 0 aliphatic carbocycles. The standard InChI is InChI=1S/C9H8F3N3O/c10-9(11,12)6-3-5(1-2-7(13)16)4-15-8(6)14/h1-4H,(H2,13,16)(H2,14,15). The van der Waals surface area contributed by atoms with Crippen LogP contribution in [-0.4, -0.2) is 10.9 Å². The summed E-state index contributed by atoms with van der Waals surface area (Å²) >= 11 is 0. The lowest BCUT2D eigenvalue weighted by atomic mass is 10.1. The molecule has 1 amide bonds. The number of hydrogen-bond donors (Lipinski definition) is 2. The maximum absolute atomic E-state index is 12.4. The Morgan fingerprint density at radius 2 is 2.06 bits per heavy atom. The summed E-state index contributed by atoms with van der Waals surface area (Å²) in [5.41, 5.74) is 8.94. The second-order valence-corrected chi connectivity index (χ2v) is 2.93.